The van der Waals surface area contributed by atoms with Crippen LogP contribution in [-0.4, -0.2) is 11.1 Å². The maximum atomic E-state index is 11.1. The molecule has 1 amide bonds. The summed E-state index contributed by atoms with van der Waals surface area (Å²) < 4.78 is 5.25. The van der Waals surface area contributed by atoms with Gasteiger partial charge in [-0.2, -0.15) is 0 Å². The van der Waals surface area contributed by atoms with Crippen LogP contribution in [0.2, 0.25) is 0 Å². The number of carbonyl (C=O) groups is 1. The molecule has 0 saturated carbocycles. The third-order valence-electron chi connectivity index (χ3n) is 3.42. The molecule has 2 rings (SSSR count). The van der Waals surface area contributed by atoms with Crippen molar-refractivity contribution in [2.45, 2.75) is 40.0 Å². The van der Waals surface area contributed by atoms with Crippen molar-refractivity contribution in [2.75, 3.05) is 0 Å². The first kappa shape index (κ1) is 11.9. The fraction of sp³-hybridized carbons (Fsp3) is 0.538. The lowest BCUT2D eigenvalue weighted by Crippen LogP contribution is -2.14. The molecule has 1 aliphatic rings. The Balaban J connectivity index is 2.31. The summed E-state index contributed by atoms with van der Waals surface area (Å²) in [6.07, 6.45) is 5.28. The molecule has 0 spiro atoms. The van der Waals surface area contributed by atoms with Gasteiger partial charge in [-0.05, 0) is 37.2 Å². The number of rotatable bonds is 2. The molecule has 4 heteroatoms. The minimum absolute atomic E-state index is 0.241. The third kappa shape index (κ3) is 2.25. The van der Waals surface area contributed by atoms with Gasteiger partial charge < -0.3 is 10.3 Å². The number of nitrogens with zero attached hydrogens (tertiary/aromatic N) is 1. The van der Waals surface area contributed by atoms with Crippen LogP contribution < -0.4 is 5.73 Å². The maximum Gasteiger partial charge on any atom is 0.271 e. The summed E-state index contributed by atoms with van der Waals surface area (Å²) in [4.78, 5) is 11.1. The van der Waals surface area contributed by atoms with Gasteiger partial charge in [0.05, 0.1) is 0 Å². The fourth-order valence-electron chi connectivity index (χ4n) is 2.15. The van der Waals surface area contributed by atoms with Gasteiger partial charge in [-0.1, -0.05) is 25.1 Å². The SMILES string of the molecule is Cc1c(C(N)=O)noc1C1=CCC(C)(C)CC1. The van der Waals surface area contributed by atoms with E-state index in [4.69, 9.17) is 10.3 Å². The molecule has 0 radical (unpaired) electrons. The summed E-state index contributed by atoms with van der Waals surface area (Å²) in [7, 11) is 0. The molecule has 0 aliphatic heterocycles. The van der Waals surface area contributed by atoms with E-state index in [1.165, 1.54) is 0 Å². The molecule has 17 heavy (non-hydrogen) atoms. The van der Waals surface area contributed by atoms with Crippen molar-refractivity contribution in [3.05, 3.63) is 23.1 Å². The molecular weight excluding hydrogens is 216 g/mol. The lowest BCUT2D eigenvalue weighted by atomic mass is 9.77. The Morgan fingerprint density at radius 1 is 1.53 bits per heavy atom. The summed E-state index contributed by atoms with van der Waals surface area (Å²) in [5.41, 5.74) is 7.71. The summed E-state index contributed by atoms with van der Waals surface area (Å²) >= 11 is 0. The van der Waals surface area contributed by atoms with E-state index < -0.39 is 5.91 Å². The highest BCUT2D eigenvalue weighted by atomic mass is 16.5. The smallest absolute Gasteiger partial charge is 0.271 e. The van der Waals surface area contributed by atoms with Crippen LogP contribution in [0, 0.1) is 12.3 Å². The van der Waals surface area contributed by atoms with Crippen LogP contribution in [0.5, 0.6) is 0 Å². The van der Waals surface area contributed by atoms with Crippen LogP contribution in [-0.2, 0) is 0 Å². The molecule has 0 atom stereocenters. The van der Waals surface area contributed by atoms with E-state index in [0.29, 0.717) is 11.2 Å². The first-order chi connectivity index (χ1) is 7.91. The Morgan fingerprint density at radius 2 is 2.24 bits per heavy atom. The molecule has 4 nitrogen and oxygen atoms in total. The lowest BCUT2D eigenvalue weighted by Gasteiger charge is -2.27. The average Bonchev–Trinajstić information content (AvgIpc) is 2.60. The highest BCUT2D eigenvalue weighted by Gasteiger charge is 2.26. The number of allylic oxidation sites excluding steroid dienone is 2. The molecule has 0 aromatic carbocycles. The standard InChI is InChI=1S/C13H18N2O2/c1-8-10(12(14)16)15-17-11(8)9-4-6-13(2,3)7-5-9/h4H,5-7H2,1-3H3,(H2,14,16). The Labute approximate surface area is 101 Å². The van der Waals surface area contributed by atoms with Crippen molar-refractivity contribution < 1.29 is 9.32 Å². The molecule has 1 aromatic rings. The van der Waals surface area contributed by atoms with Gasteiger partial charge in [0.2, 0.25) is 0 Å². The van der Waals surface area contributed by atoms with Gasteiger partial charge in [0, 0.05) is 5.56 Å². The molecule has 0 bridgehead atoms. The number of amides is 1. The van der Waals surface area contributed by atoms with Crippen molar-refractivity contribution in [3.63, 3.8) is 0 Å². The van der Waals surface area contributed by atoms with Crippen molar-refractivity contribution in [3.8, 4) is 0 Å². The normalized spacial score (nSPS) is 18.9. The maximum absolute atomic E-state index is 11.1. The molecule has 92 valence electrons. The molecule has 1 heterocycles. The van der Waals surface area contributed by atoms with Crippen molar-refractivity contribution >= 4 is 11.5 Å². The first-order valence-electron chi connectivity index (χ1n) is 5.86. The number of primary amides is 1. The van der Waals surface area contributed by atoms with Crippen molar-refractivity contribution in [1.82, 2.24) is 5.16 Å². The van der Waals surface area contributed by atoms with E-state index in [1.807, 2.05) is 6.92 Å². The van der Waals surface area contributed by atoms with E-state index in [0.717, 1.165) is 30.4 Å². The van der Waals surface area contributed by atoms with Gasteiger partial charge in [-0.15, -0.1) is 0 Å². The summed E-state index contributed by atoms with van der Waals surface area (Å²) in [5.74, 6) is 0.184. The van der Waals surface area contributed by atoms with Crippen LogP contribution in [0.25, 0.3) is 5.57 Å². The fourth-order valence-corrected chi connectivity index (χ4v) is 2.15. The molecular formula is C13H18N2O2. The quantitative estimate of drug-likeness (QED) is 0.855. The van der Waals surface area contributed by atoms with Gasteiger partial charge in [0.1, 0.15) is 0 Å². The zero-order valence-electron chi connectivity index (χ0n) is 10.5. The Bertz CT molecular complexity index is 484. The first-order valence-corrected chi connectivity index (χ1v) is 5.86. The van der Waals surface area contributed by atoms with Crippen LogP contribution in [0.4, 0.5) is 0 Å². The molecule has 2 N–H and O–H groups in total. The van der Waals surface area contributed by atoms with Crippen molar-refractivity contribution in [2.24, 2.45) is 11.1 Å². The number of hydrogen-bond acceptors (Lipinski definition) is 3. The lowest BCUT2D eigenvalue weighted by molar-refractivity contribution is 0.0991. The van der Waals surface area contributed by atoms with E-state index in [-0.39, 0.29) is 5.69 Å². The second-order valence-corrected chi connectivity index (χ2v) is 5.45. The summed E-state index contributed by atoms with van der Waals surface area (Å²) in [6, 6.07) is 0. The monoisotopic (exact) mass is 234 g/mol. The van der Waals surface area contributed by atoms with Gasteiger partial charge in [-0.3, -0.25) is 4.79 Å². The predicted molar refractivity (Wildman–Crippen MR) is 65.4 cm³/mol. The van der Waals surface area contributed by atoms with Gasteiger partial charge in [0.25, 0.3) is 5.91 Å². The predicted octanol–water partition coefficient (Wildman–Crippen LogP) is 2.68. The molecule has 0 unspecified atom stereocenters. The number of aromatic nitrogens is 1. The zero-order valence-corrected chi connectivity index (χ0v) is 10.5. The number of carbonyl (C=O) groups excluding carboxylic acids is 1. The Hall–Kier alpha value is -1.58. The summed E-state index contributed by atoms with van der Waals surface area (Å²) in [5, 5.41) is 3.74. The highest BCUT2D eigenvalue weighted by Crippen LogP contribution is 2.38. The number of nitrogens with two attached hydrogens (primary N) is 1. The zero-order chi connectivity index (χ0) is 12.6. The molecule has 1 aliphatic carbocycles. The Kier molecular flexibility index (Phi) is 2.81. The van der Waals surface area contributed by atoms with Gasteiger partial charge >= 0.3 is 0 Å². The summed E-state index contributed by atoms with van der Waals surface area (Å²) in [6.45, 7) is 6.33. The molecule has 1 aromatic heterocycles. The van der Waals surface area contributed by atoms with Crippen LogP contribution >= 0.6 is 0 Å². The van der Waals surface area contributed by atoms with Crippen LogP contribution in [0.15, 0.2) is 10.6 Å². The largest absolute Gasteiger partial charge is 0.364 e. The molecule has 0 fully saturated rings. The van der Waals surface area contributed by atoms with E-state index in [1.54, 1.807) is 0 Å². The second-order valence-electron chi connectivity index (χ2n) is 5.45. The van der Waals surface area contributed by atoms with E-state index >= 15 is 0 Å². The van der Waals surface area contributed by atoms with E-state index in [9.17, 15) is 4.79 Å². The highest BCUT2D eigenvalue weighted by molar-refractivity contribution is 5.93. The van der Waals surface area contributed by atoms with E-state index in [2.05, 4.69) is 25.1 Å². The van der Waals surface area contributed by atoms with Crippen molar-refractivity contribution in [1.29, 1.82) is 0 Å². The van der Waals surface area contributed by atoms with Gasteiger partial charge in [0.15, 0.2) is 11.5 Å². The van der Waals surface area contributed by atoms with Crippen LogP contribution in [0.1, 0.15) is 54.9 Å². The van der Waals surface area contributed by atoms with Gasteiger partial charge in [-0.25, -0.2) is 0 Å². The minimum atomic E-state index is -0.533. The topological polar surface area (TPSA) is 69.1 Å². The average molecular weight is 234 g/mol. The minimum Gasteiger partial charge on any atom is -0.364 e. The molecule has 0 saturated heterocycles. The second kappa shape index (κ2) is 4.02. The third-order valence-corrected chi connectivity index (χ3v) is 3.42. The van der Waals surface area contributed by atoms with Crippen LogP contribution in [0.3, 0.4) is 0 Å². The number of hydrogen-bond donors (Lipinski definition) is 1. The Morgan fingerprint density at radius 3 is 2.71 bits per heavy atom.